The minimum absolute atomic E-state index is 0.0213. The molecule has 1 heterocycles. The summed E-state index contributed by atoms with van der Waals surface area (Å²) in [6.45, 7) is 3.08. The summed E-state index contributed by atoms with van der Waals surface area (Å²) in [4.78, 5) is 16.1. The Morgan fingerprint density at radius 2 is 1.95 bits per heavy atom. The van der Waals surface area contributed by atoms with Gasteiger partial charge < -0.3 is 14.3 Å². The van der Waals surface area contributed by atoms with Crippen LogP contribution in [0.3, 0.4) is 0 Å². The van der Waals surface area contributed by atoms with Gasteiger partial charge in [-0.15, -0.1) is 0 Å². The summed E-state index contributed by atoms with van der Waals surface area (Å²) in [6, 6.07) is 9.29. The molecule has 104 valence electrons. The van der Waals surface area contributed by atoms with Crippen LogP contribution in [0.1, 0.15) is 18.6 Å². The summed E-state index contributed by atoms with van der Waals surface area (Å²) >= 11 is 0. The number of benzene rings is 1. The number of allylic oxidation sites excluding steroid dienone is 1. The number of esters is 1. The third-order valence-corrected chi connectivity index (χ3v) is 2.76. The maximum absolute atomic E-state index is 11.8. The van der Waals surface area contributed by atoms with Crippen LogP contribution >= 0.6 is 0 Å². The average Bonchev–Trinajstić information content (AvgIpc) is 2.81. The number of rotatable bonds is 3. The molecule has 0 aliphatic heterocycles. The maximum Gasteiger partial charge on any atom is 0.345 e. The second-order valence-electron chi connectivity index (χ2n) is 4.23. The molecule has 0 atom stereocenters. The lowest BCUT2D eigenvalue weighted by Gasteiger charge is -2.05. The maximum atomic E-state index is 11.8. The molecule has 2 rings (SSSR count). The van der Waals surface area contributed by atoms with Crippen molar-refractivity contribution in [2.45, 2.75) is 13.8 Å². The van der Waals surface area contributed by atoms with E-state index in [4.69, 9.17) is 4.42 Å². The van der Waals surface area contributed by atoms with Crippen molar-refractivity contribution < 1.29 is 19.1 Å². The summed E-state index contributed by atoms with van der Waals surface area (Å²) in [5, 5.41) is 9.74. The summed E-state index contributed by atoms with van der Waals surface area (Å²) in [5.41, 5.74) is 1.27. The number of aryl methyl sites for hydroxylation is 1. The molecule has 1 aromatic carbocycles. The van der Waals surface area contributed by atoms with Gasteiger partial charge in [-0.2, -0.15) is 0 Å². The van der Waals surface area contributed by atoms with Crippen LogP contribution in [0.2, 0.25) is 0 Å². The highest BCUT2D eigenvalue weighted by atomic mass is 16.5. The van der Waals surface area contributed by atoms with Gasteiger partial charge in [0, 0.05) is 12.5 Å². The first kappa shape index (κ1) is 13.9. The van der Waals surface area contributed by atoms with E-state index in [0.29, 0.717) is 11.6 Å². The van der Waals surface area contributed by atoms with Crippen molar-refractivity contribution in [1.29, 1.82) is 0 Å². The Balaban J connectivity index is 2.64. The largest absolute Gasteiger partial charge is 0.512 e. The molecule has 0 bridgehead atoms. The van der Waals surface area contributed by atoms with Crippen molar-refractivity contribution in [3.8, 4) is 11.3 Å². The van der Waals surface area contributed by atoms with E-state index in [1.165, 1.54) is 14.0 Å². The van der Waals surface area contributed by atoms with Crippen LogP contribution in [0.4, 0.5) is 0 Å². The molecule has 0 saturated heterocycles. The first-order chi connectivity index (χ1) is 9.54. The molecular weight excluding hydrogens is 258 g/mol. The van der Waals surface area contributed by atoms with Crippen molar-refractivity contribution in [3.05, 3.63) is 47.7 Å². The Bertz CT molecular complexity index is 652. The zero-order chi connectivity index (χ0) is 14.7. The molecule has 0 spiro atoms. The molecule has 1 aromatic heterocycles. The number of oxazole rings is 1. The Morgan fingerprint density at radius 3 is 2.50 bits per heavy atom. The molecule has 0 radical (unpaired) electrons. The zero-order valence-corrected chi connectivity index (χ0v) is 11.5. The molecule has 0 fully saturated rings. The smallest absolute Gasteiger partial charge is 0.345 e. The normalized spacial score (nSPS) is 11.9. The topological polar surface area (TPSA) is 72.6 Å². The first-order valence-electron chi connectivity index (χ1n) is 6.06. The number of hydrogen-bond acceptors (Lipinski definition) is 5. The zero-order valence-electron chi connectivity index (χ0n) is 11.5. The number of aromatic nitrogens is 1. The molecule has 0 aliphatic carbocycles. The van der Waals surface area contributed by atoms with Crippen molar-refractivity contribution in [2.24, 2.45) is 0 Å². The predicted octanol–water partition coefficient (Wildman–Crippen LogP) is 3.11. The van der Waals surface area contributed by atoms with Crippen LogP contribution in [-0.4, -0.2) is 23.2 Å². The summed E-state index contributed by atoms with van der Waals surface area (Å²) in [5.74, 6) is -0.231. The third kappa shape index (κ3) is 2.56. The second kappa shape index (κ2) is 5.61. The number of ether oxygens (including phenoxy) is 1. The first-order valence-corrected chi connectivity index (χ1v) is 6.06. The quantitative estimate of drug-likeness (QED) is 0.528. The second-order valence-corrected chi connectivity index (χ2v) is 4.23. The molecule has 5 heteroatoms. The highest BCUT2D eigenvalue weighted by molar-refractivity contribution is 6.17. The van der Waals surface area contributed by atoms with E-state index < -0.39 is 5.97 Å². The Morgan fingerprint density at radius 1 is 1.30 bits per heavy atom. The van der Waals surface area contributed by atoms with E-state index in [1.54, 1.807) is 6.92 Å². The number of methoxy groups -OCH3 is 1. The number of carbonyl (C=O) groups excluding carboxylic acids is 1. The van der Waals surface area contributed by atoms with Crippen LogP contribution in [-0.2, 0) is 9.53 Å². The lowest BCUT2D eigenvalue weighted by molar-refractivity contribution is -0.133. The minimum atomic E-state index is -0.668. The Labute approximate surface area is 116 Å². The fourth-order valence-electron chi connectivity index (χ4n) is 1.89. The molecule has 1 N–H and O–H groups in total. The van der Waals surface area contributed by atoms with E-state index in [0.717, 1.165) is 5.56 Å². The summed E-state index contributed by atoms with van der Waals surface area (Å²) in [7, 11) is 1.25. The molecular formula is C15H15NO4. The molecule has 0 saturated carbocycles. The minimum Gasteiger partial charge on any atom is -0.512 e. The van der Waals surface area contributed by atoms with E-state index >= 15 is 0 Å². The van der Waals surface area contributed by atoms with Crippen molar-refractivity contribution in [3.63, 3.8) is 0 Å². The number of hydrogen-bond donors (Lipinski definition) is 1. The van der Waals surface area contributed by atoms with Crippen LogP contribution in [0.5, 0.6) is 0 Å². The van der Waals surface area contributed by atoms with E-state index in [1.807, 2.05) is 30.3 Å². The van der Waals surface area contributed by atoms with Crippen molar-refractivity contribution >= 4 is 11.5 Å². The number of aliphatic hydroxyl groups is 1. The fourth-order valence-corrected chi connectivity index (χ4v) is 1.89. The van der Waals surface area contributed by atoms with Gasteiger partial charge in [-0.05, 0) is 6.92 Å². The van der Waals surface area contributed by atoms with Crippen LogP contribution < -0.4 is 0 Å². The molecule has 2 aromatic rings. The third-order valence-electron chi connectivity index (χ3n) is 2.76. The Hall–Kier alpha value is -2.56. The monoisotopic (exact) mass is 273 g/mol. The van der Waals surface area contributed by atoms with Gasteiger partial charge in [-0.1, -0.05) is 30.3 Å². The van der Waals surface area contributed by atoms with Gasteiger partial charge >= 0.3 is 5.97 Å². The lowest BCUT2D eigenvalue weighted by Crippen LogP contribution is -2.06. The standard InChI is InChI=1S/C15H15NO4/c1-9(17)12(15(18)19-3)14-13(16-10(2)20-14)11-7-5-4-6-8-11/h4-8,17H,1-3H3/b12-9-. The predicted molar refractivity (Wildman–Crippen MR) is 73.9 cm³/mol. The molecule has 5 nitrogen and oxygen atoms in total. The van der Waals surface area contributed by atoms with E-state index in [9.17, 15) is 9.90 Å². The van der Waals surface area contributed by atoms with Crippen LogP contribution in [0, 0.1) is 6.92 Å². The molecule has 0 aliphatic rings. The van der Waals surface area contributed by atoms with Crippen molar-refractivity contribution in [2.75, 3.05) is 7.11 Å². The van der Waals surface area contributed by atoms with Gasteiger partial charge in [0.15, 0.2) is 11.7 Å². The van der Waals surface area contributed by atoms with Gasteiger partial charge in [-0.3, -0.25) is 0 Å². The van der Waals surface area contributed by atoms with E-state index in [-0.39, 0.29) is 17.1 Å². The number of carbonyl (C=O) groups is 1. The molecule has 20 heavy (non-hydrogen) atoms. The summed E-state index contributed by atoms with van der Waals surface area (Å²) in [6.07, 6.45) is 0. The summed E-state index contributed by atoms with van der Waals surface area (Å²) < 4.78 is 10.2. The fraction of sp³-hybridized carbons (Fsp3) is 0.200. The highest BCUT2D eigenvalue weighted by Gasteiger charge is 2.25. The molecule has 0 unspecified atom stereocenters. The van der Waals surface area contributed by atoms with Gasteiger partial charge in [0.1, 0.15) is 17.0 Å². The number of aliphatic hydroxyl groups excluding tert-OH is 1. The van der Waals surface area contributed by atoms with Gasteiger partial charge in [0.2, 0.25) is 0 Å². The lowest BCUT2D eigenvalue weighted by atomic mass is 10.1. The van der Waals surface area contributed by atoms with E-state index in [2.05, 4.69) is 9.72 Å². The van der Waals surface area contributed by atoms with Gasteiger partial charge in [0.25, 0.3) is 0 Å². The Kier molecular flexibility index (Phi) is 3.89. The average molecular weight is 273 g/mol. The number of nitrogens with zero attached hydrogens (tertiary/aromatic N) is 1. The highest BCUT2D eigenvalue weighted by Crippen LogP contribution is 2.31. The van der Waals surface area contributed by atoms with Gasteiger partial charge in [0.05, 0.1) is 7.11 Å². The van der Waals surface area contributed by atoms with Crippen LogP contribution in [0.25, 0.3) is 16.8 Å². The van der Waals surface area contributed by atoms with Crippen LogP contribution in [0.15, 0.2) is 40.5 Å². The van der Waals surface area contributed by atoms with Crippen molar-refractivity contribution in [1.82, 2.24) is 4.98 Å². The van der Waals surface area contributed by atoms with Gasteiger partial charge in [-0.25, -0.2) is 9.78 Å². The SMILES string of the molecule is COC(=O)/C(=C(/C)O)c1oc(C)nc1-c1ccccc1. The molecule has 0 amide bonds.